The van der Waals surface area contributed by atoms with Crippen LogP contribution in [0.15, 0.2) is 12.4 Å². The summed E-state index contributed by atoms with van der Waals surface area (Å²) in [5, 5.41) is 10.6. The lowest BCUT2D eigenvalue weighted by Crippen LogP contribution is -2.42. The van der Waals surface area contributed by atoms with Crippen molar-refractivity contribution >= 4 is 5.91 Å². The van der Waals surface area contributed by atoms with E-state index in [1.165, 1.54) is 32.1 Å². The fraction of sp³-hybridized carbons (Fsp3) is 0.778. The lowest BCUT2D eigenvalue weighted by Gasteiger charge is -2.36. The minimum Gasteiger partial charge on any atom is -0.385 e. The molecule has 2 unspecified atom stereocenters. The Kier molecular flexibility index (Phi) is 5.36. The zero-order valence-electron chi connectivity index (χ0n) is 14.2. The number of aryl methyl sites for hydroxylation is 1. The van der Waals surface area contributed by atoms with Crippen molar-refractivity contribution in [2.24, 2.45) is 18.9 Å². The number of carbonyl (C=O) groups is 1. The Bertz CT molecular complexity index is 522. The number of likely N-dealkylation sites (tertiary alicyclic amines) is 1. The van der Waals surface area contributed by atoms with Crippen molar-refractivity contribution in [1.82, 2.24) is 14.5 Å². The number of carbonyl (C=O) groups excluding carboxylic acids is 1. The van der Waals surface area contributed by atoms with Gasteiger partial charge >= 0.3 is 0 Å². The van der Waals surface area contributed by atoms with Crippen LogP contribution in [0.25, 0.3) is 0 Å². The molecule has 1 amide bonds. The molecule has 2 fully saturated rings. The number of aromatic nitrogens is 2. The number of rotatable bonds is 4. The number of amides is 1. The summed E-state index contributed by atoms with van der Waals surface area (Å²) in [7, 11) is 1.90. The van der Waals surface area contributed by atoms with Crippen LogP contribution in [0.3, 0.4) is 0 Å². The average molecular weight is 319 g/mol. The van der Waals surface area contributed by atoms with E-state index in [1.807, 2.05) is 22.7 Å². The summed E-state index contributed by atoms with van der Waals surface area (Å²) in [6.45, 7) is 1.51. The maximum atomic E-state index is 12.6. The van der Waals surface area contributed by atoms with Crippen LogP contribution >= 0.6 is 0 Å². The minimum atomic E-state index is -0.583. The Balaban J connectivity index is 1.57. The lowest BCUT2D eigenvalue weighted by atomic mass is 9.86. The van der Waals surface area contributed by atoms with Gasteiger partial charge in [-0.05, 0) is 31.6 Å². The number of hydrogen-bond donors (Lipinski definition) is 1. The standard InChI is InChI=1S/C18H29N3O2/c1-20-11-9-19-18(20)17(23)15-8-5-10-21(13-15)16(22)12-14-6-3-2-4-7-14/h9,11,14-15,17,23H,2-8,10,12-13H2,1H3. The van der Waals surface area contributed by atoms with Crippen molar-refractivity contribution in [3.8, 4) is 0 Å². The van der Waals surface area contributed by atoms with Crippen LogP contribution in [-0.2, 0) is 11.8 Å². The number of nitrogens with zero attached hydrogens (tertiary/aromatic N) is 3. The van der Waals surface area contributed by atoms with E-state index >= 15 is 0 Å². The Morgan fingerprint density at radius 1 is 1.30 bits per heavy atom. The molecular weight excluding hydrogens is 290 g/mol. The zero-order chi connectivity index (χ0) is 16.2. The Morgan fingerprint density at radius 3 is 2.78 bits per heavy atom. The fourth-order valence-electron chi connectivity index (χ4n) is 4.13. The van der Waals surface area contributed by atoms with Crippen LogP contribution in [0.1, 0.15) is 63.3 Å². The highest BCUT2D eigenvalue weighted by Crippen LogP contribution is 2.31. The molecule has 1 aliphatic heterocycles. The SMILES string of the molecule is Cn1ccnc1C(O)C1CCCN(C(=O)CC2CCCCC2)C1. The molecule has 0 aromatic carbocycles. The second kappa shape index (κ2) is 7.47. The second-order valence-electron chi connectivity index (χ2n) is 7.29. The second-order valence-corrected chi connectivity index (χ2v) is 7.29. The van der Waals surface area contributed by atoms with E-state index < -0.39 is 6.10 Å². The van der Waals surface area contributed by atoms with E-state index in [0.717, 1.165) is 19.4 Å². The van der Waals surface area contributed by atoms with E-state index in [2.05, 4.69) is 4.98 Å². The average Bonchev–Trinajstić information content (AvgIpc) is 3.01. The molecule has 128 valence electrons. The molecule has 0 radical (unpaired) electrons. The summed E-state index contributed by atoms with van der Waals surface area (Å²) < 4.78 is 1.87. The number of hydrogen-bond acceptors (Lipinski definition) is 3. The summed E-state index contributed by atoms with van der Waals surface area (Å²) >= 11 is 0. The molecule has 5 nitrogen and oxygen atoms in total. The van der Waals surface area contributed by atoms with Crippen molar-refractivity contribution in [3.05, 3.63) is 18.2 Å². The molecule has 1 N–H and O–H groups in total. The quantitative estimate of drug-likeness (QED) is 0.928. The highest BCUT2D eigenvalue weighted by Gasteiger charge is 2.31. The van der Waals surface area contributed by atoms with Crippen molar-refractivity contribution in [2.75, 3.05) is 13.1 Å². The summed E-state index contributed by atoms with van der Waals surface area (Å²) in [5.41, 5.74) is 0. The molecule has 3 rings (SSSR count). The number of aliphatic hydroxyl groups is 1. The predicted molar refractivity (Wildman–Crippen MR) is 88.7 cm³/mol. The van der Waals surface area contributed by atoms with Gasteiger partial charge in [-0.2, -0.15) is 0 Å². The third-order valence-corrected chi connectivity index (χ3v) is 5.57. The largest absolute Gasteiger partial charge is 0.385 e. The topological polar surface area (TPSA) is 58.4 Å². The smallest absolute Gasteiger partial charge is 0.222 e. The highest BCUT2D eigenvalue weighted by molar-refractivity contribution is 5.76. The molecule has 2 atom stereocenters. The van der Waals surface area contributed by atoms with Crippen molar-refractivity contribution in [1.29, 1.82) is 0 Å². The van der Waals surface area contributed by atoms with Gasteiger partial charge in [-0.25, -0.2) is 4.98 Å². The first-order chi connectivity index (χ1) is 11.1. The summed E-state index contributed by atoms with van der Waals surface area (Å²) in [5.74, 6) is 1.67. The molecule has 2 aliphatic rings. The van der Waals surface area contributed by atoms with E-state index in [-0.39, 0.29) is 11.8 Å². The van der Waals surface area contributed by atoms with Gasteiger partial charge in [0.15, 0.2) is 0 Å². The Labute approximate surface area is 138 Å². The maximum Gasteiger partial charge on any atom is 0.222 e. The normalized spacial score (nSPS) is 24.6. The summed E-state index contributed by atoms with van der Waals surface area (Å²) in [6, 6.07) is 0. The van der Waals surface area contributed by atoms with Crippen LogP contribution in [0, 0.1) is 11.8 Å². The monoisotopic (exact) mass is 319 g/mol. The van der Waals surface area contributed by atoms with Gasteiger partial charge in [0, 0.05) is 44.9 Å². The van der Waals surface area contributed by atoms with Gasteiger partial charge in [-0.3, -0.25) is 4.79 Å². The molecule has 1 aromatic rings. The van der Waals surface area contributed by atoms with Crippen LogP contribution in [-0.4, -0.2) is 38.6 Å². The lowest BCUT2D eigenvalue weighted by molar-refractivity contribution is -0.135. The van der Waals surface area contributed by atoms with Gasteiger partial charge in [0.05, 0.1) is 0 Å². The van der Waals surface area contributed by atoms with Gasteiger partial charge < -0.3 is 14.6 Å². The maximum absolute atomic E-state index is 12.6. The molecule has 1 saturated carbocycles. The van der Waals surface area contributed by atoms with Gasteiger partial charge in [0.25, 0.3) is 0 Å². The van der Waals surface area contributed by atoms with Crippen molar-refractivity contribution in [3.63, 3.8) is 0 Å². The molecular formula is C18H29N3O2. The molecule has 2 heterocycles. The van der Waals surface area contributed by atoms with Crippen molar-refractivity contribution in [2.45, 2.75) is 57.5 Å². The fourth-order valence-corrected chi connectivity index (χ4v) is 4.13. The first-order valence-electron chi connectivity index (χ1n) is 9.08. The Hall–Kier alpha value is -1.36. The van der Waals surface area contributed by atoms with Gasteiger partial charge in [0.2, 0.25) is 5.91 Å². The first-order valence-corrected chi connectivity index (χ1v) is 9.08. The summed E-state index contributed by atoms with van der Waals surface area (Å²) in [4.78, 5) is 18.9. The van der Waals surface area contributed by atoms with Crippen LogP contribution < -0.4 is 0 Å². The van der Waals surface area contributed by atoms with E-state index in [1.54, 1.807) is 6.20 Å². The van der Waals surface area contributed by atoms with E-state index in [9.17, 15) is 9.90 Å². The molecule has 1 aliphatic carbocycles. The van der Waals surface area contributed by atoms with E-state index in [4.69, 9.17) is 0 Å². The number of piperidine rings is 1. The number of aliphatic hydroxyl groups excluding tert-OH is 1. The summed E-state index contributed by atoms with van der Waals surface area (Å²) in [6.07, 6.45) is 11.9. The van der Waals surface area contributed by atoms with Crippen LogP contribution in [0.5, 0.6) is 0 Å². The number of imidazole rings is 1. The van der Waals surface area contributed by atoms with Crippen LogP contribution in [0.2, 0.25) is 0 Å². The van der Waals surface area contributed by atoms with Gasteiger partial charge in [-0.15, -0.1) is 0 Å². The van der Waals surface area contributed by atoms with E-state index in [0.29, 0.717) is 24.7 Å². The predicted octanol–water partition coefficient (Wildman–Crippen LogP) is 2.66. The van der Waals surface area contributed by atoms with Gasteiger partial charge in [-0.1, -0.05) is 19.3 Å². The molecule has 0 bridgehead atoms. The first kappa shape index (κ1) is 16.5. The molecule has 1 aromatic heterocycles. The zero-order valence-corrected chi connectivity index (χ0v) is 14.2. The highest BCUT2D eigenvalue weighted by atomic mass is 16.3. The molecule has 5 heteroatoms. The molecule has 23 heavy (non-hydrogen) atoms. The third kappa shape index (κ3) is 3.94. The third-order valence-electron chi connectivity index (χ3n) is 5.57. The van der Waals surface area contributed by atoms with Crippen LogP contribution in [0.4, 0.5) is 0 Å². The minimum absolute atomic E-state index is 0.0974. The molecule has 1 saturated heterocycles. The Morgan fingerprint density at radius 2 is 2.09 bits per heavy atom. The van der Waals surface area contributed by atoms with Gasteiger partial charge in [0.1, 0.15) is 11.9 Å². The molecule has 0 spiro atoms. The van der Waals surface area contributed by atoms with Crippen molar-refractivity contribution < 1.29 is 9.90 Å².